The molecule has 0 saturated carbocycles. The van der Waals surface area contributed by atoms with Gasteiger partial charge in [-0.1, -0.05) is 11.8 Å². The first-order valence-corrected chi connectivity index (χ1v) is 5.69. The van der Waals surface area contributed by atoms with E-state index in [2.05, 4.69) is 36.2 Å². The summed E-state index contributed by atoms with van der Waals surface area (Å²) >= 11 is 1.72. The van der Waals surface area contributed by atoms with Gasteiger partial charge < -0.3 is 5.32 Å². The number of nitrogens with one attached hydrogen (secondary N) is 1. The summed E-state index contributed by atoms with van der Waals surface area (Å²) in [6, 6.07) is 0. The van der Waals surface area contributed by atoms with Gasteiger partial charge in [0.05, 0.1) is 0 Å². The van der Waals surface area contributed by atoms with Crippen LogP contribution in [-0.2, 0) is 7.05 Å². The smallest absolute Gasteiger partial charge is 0.185 e. The zero-order valence-electron chi connectivity index (χ0n) is 9.24. The van der Waals surface area contributed by atoms with E-state index in [1.165, 1.54) is 0 Å². The average molecular weight is 214 g/mol. The Hall–Kier alpha value is -0.550. The molecule has 1 aromatic rings. The van der Waals surface area contributed by atoms with Gasteiger partial charge in [0.1, 0.15) is 6.33 Å². The van der Waals surface area contributed by atoms with E-state index < -0.39 is 0 Å². The highest BCUT2D eigenvalue weighted by atomic mass is 32.2. The molecule has 1 rings (SSSR count). The second kappa shape index (κ2) is 4.79. The van der Waals surface area contributed by atoms with Crippen LogP contribution in [0.2, 0.25) is 0 Å². The van der Waals surface area contributed by atoms with Crippen LogP contribution >= 0.6 is 11.8 Å². The van der Waals surface area contributed by atoms with E-state index in [9.17, 15) is 0 Å². The lowest BCUT2D eigenvalue weighted by Gasteiger charge is -2.19. The minimum Gasteiger partial charge on any atom is -0.311 e. The molecule has 0 amide bonds. The van der Waals surface area contributed by atoms with Crippen LogP contribution in [0.5, 0.6) is 0 Å². The molecule has 0 unspecified atom stereocenters. The number of hydrogen-bond acceptors (Lipinski definition) is 4. The van der Waals surface area contributed by atoms with Crippen LogP contribution in [0, 0.1) is 0 Å². The number of thioether (sulfide) groups is 1. The molecule has 14 heavy (non-hydrogen) atoms. The third-order valence-corrected chi connectivity index (χ3v) is 2.69. The predicted molar refractivity (Wildman–Crippen MR) is 59.5 cm³/mol. The van der Waals surface area contributed by atoms with Crippen molar-refractivity contribution >= 4 is 11.8 Å². The van der Waals surface area contributed by atoms with Crippen molar-refractivity contribution in [2.24, 2.45) is 7.05 Å². The number of nitrogens with zero attached hydrogens (tertiary/aromatic N) is 3. The predicted octanol–water partition coefficient (Wildman–Crippen LogP) is 1.30. The molecule has 0 aromatic carbocycles. The summed E-state index contributed by atoms with van der Waals surface area (Å²) in [5.74, 6) is 1.02. The Bertz CT molecular complexity index is 277. The Labute approximate surface area is 89.5 Å². The molecule has 0 spiro atoms. The lowest BCUT2D eigenvalue weighted by Crippen LogP contribution is -2.37. The summed E-state index contributed by atoms with van der Waals surface area (Å²) < 4.78 is 1.79. The Morgan fingerprint density at radius 1 is 1.50 bits per heavy atom. The standard InChI is InChI=1S/C9H18N4S/c1-9(2,3)11-5-6-14-8-10-7-12-13(8)4/h7,11H,5-6H2,1-4H3. The maximum atomic E-state index is 4.14. The van der Waals surface area contributed by atoms with Crippen molar-refractivity contribution in [1.82, 2.24) is 20.1 Å². The molecule has 0 saturated heterocycles. The van der Waals surface area contributed by atoms with Gasteiger partial charge in [0.15, 0.2) is 5.16 Å². The second-order valence-electron chi connectivity index (χ2n) is 4.19. The van der Waals surface area contributed by atoms with Gasteiger partial charge in [-0.3, -0.25) is 0 Å². The summed E-state index contributed by atoms with van der Waals surface area (Å²) in [7, 11) is 1.91. The molecular formula is C9H18N4S. The van der Waals surface area contributed by atoms with Crippen molar-refractivity contribution in [3.05, 3.63) is 6.33 Å². The molecule has 1 N–H and O–H groups in total. The Morgan fingerprint density at radius 3 is 2.71 bits per heavy atom. The molecule has 80 valence electrons. The molecule has 0 fully saturated rings. The van der Waals surface area contributed by atoms with Crippen molar-refractivity contribution in [1.29, 1.82) is 0 Å². The molecular weight excluding hydrogens is 196 g/mol. The van der Waals surface area contributed by atoms with Crippen LogP contribution in [0.25, 0.3) is 0 Å². The fourth-order valence-electron chi connectivity index (χ4n) is 0.985. The highest BCUT2D eigenvalue weighted by molar-refractivity contribution is 7.99. The SMILES string of the molecule is Cn1ncnc1SCCNC(C)(C)C. The van der Waals surface area contributed by atoms with E-state index in [-0.39, 0.29) is 5.54 Å². The Balaban J connectivity index is 2.20. The molecule has 0 bridgehead atoms. The van der Waals surface area contributed by atoms with Crippen LogP contribution in [0.15, 0.2) is 11.5 Å². The van der Waals surface area contributed by atoms with Gasteiger partial charge >= 0.3 is 0 Å². The van der Waals surface area contributed by atoms with Crippen LogP contribution in [0.3, 0.4) is 0 Å². The third kappa shape index (κ3) is 4.11. The lowest BCUT2D eigenvalue weighted by atomic mass is 10.1. The molecule has 0 aliphatic heterocycles. The summed E-state index contributed by atoms with van der Waals surface area (Å²) in [6.45, 7) is 7.49. The van der Waals surface area contributed by atoms with Gasteiger partial charge in [-0.15, -0.1) is 0 Å². The van der Waals surface area contributed by atoms with Crippen LogP contribution in [0.4, 0.5) is 0 Å². The normalized spacial score (nSPS) is 12.0. The van der Waals surface area contributed by atoms with Gasteiger partial charge in [0, 0.05) is 24.9 Å². The minimum absolute atomic E-state index is 0.195. The average Bonchev–Trinajstić information content (AvgIpc) is 2.44. The molecule has 0 aliphatic carbocycles. The van der Waals surface area contributed by atoms with Crippen LogP contribution in [0.1, 0.15) is 20.8 Å². The Morgan fingerprint density at radius 2 is 2.21 bits per heavy atom. The molecule has 4 nitrogen and oxygen atoms in total. The fraction of sp³-hybridized carbons (Fsp3) is 0.778. The van der Waals surface area contributed by atoms with Crippen molar-refractivity contribution in [3.8, 4) is 0 Å². The molecule has 1 aromatic heterocycles. The number of rotatable bonds is 4. The monoisotopic (exact) mass is 214 g/mol. The summed E-state index contributed by atoms with van der Waals surface area (Å²) in [4.78, 5) is 4.14. The first-order chi connectivity index (χ1) is 6.49. The van der Waals surface area contributed by atoms with Gasteiger partial charge in [-0.05, 0) is 20.8 Å². The van der Waals surface area contributed by atoms with Crippen molar-refractivity contribution < 1.29 is 0 Å². The number of hydrogen-bond donors (Lipinski definition) is 1. The van der Waals surface area contributed by atoms with E-state index >= 15 is 0 Å². The highest BCUT2D eigenvalue weighted by Gasteiger charge is 2.08. The van der Waals surface area contributed by atoms with E-state index in [1.54, 1.807) is 22.8 Å². The van der Waals surface area contributed by atoms with Gasteiger partial charge in [0.25, 0.3) is 0 Å². The van der Waals surface area contributed by atoms with Gasteiger partial charge in [-0.25, -0.2) is 9.67 Å². The summed E-state index contributed by atoms with van der Waals surface area (Å²) in [5.41, 5.74) is 0.195. The van der Waals surface area contributed by atoms with E-state index in [4.69, 9.17) is 0 Å². The molecule has 0 atom stereocenters. The molecule has 0 radical (unpaired) electrons. The maximum Gasteiger partial charge on any atom is 0.185 e. The summed E-state index contributed by atoms with van der Waals surface area (Å²) in [5, 5.41) is 8.41. The number of aryl methyl sites for hydroxylation is 1. The van der Waals surface area contributed by atoms with Gasteiger partial charge in [0.2, 0.25) is 0 Å². The molecule has 0 aliphatic rings. The first kappa shape index (κ1) is 11.5. The lowest BCUT2D eigenvalue weighted by molar-refractivity contribution is 0.441. The van der Waals surface area contributed by atoms with E-state index in [1.807, 2.05) is 7.05 Å². The van der Waals surface area contributed by atoms with Crippen LogP contribution < -0.4 is 5.32 Å². The van der Waals surface area contributed by atoms with Crippen molar-refractivity contribution in [2.45, 2.75) is 31.5 Å². The summed E-state index contributed by atoms with van der Waals surface area (Å²) in [6.07, 6.45) is 1.58. The topological polar surface area (TPSA) is 42.7 Å². The minimum atomic E-state index is 0.195. The fourth-order valence-corrected chi connectivity index (χ4v) is 1.73. The number of aromatic nitrogens is 3. The molecule has 1 heterocycles. The second-order valence-corrected chi connectivity index (χ2v) is 5.25. The first-order valence-electron chi connectivity index (χ1n) is 4.71. The van der Waals surface area contributed by atoms with E-state index in [0.29, 0.717) is 0 Å². The molecule has 5 heteroatoms. The third-order valence-electron chi connectivity index (χ3n) is 1.66. The highest BCUT2D eigenvalue weighted by Crippen LogP contribution is 2.12. The quantitative estimate of drug-likeness (QED) is 0.606. The largest absolute Gasteiger partial charge is 0.311 e. The van der Waals surface area contributed by atoms with Crippen molar-refractivity contribution in [2.75, 3.05) is 12.3 Å². The Kier molecular flexibility index (Phi) is 3.95. The van der Waals surface area contributed by atoms with E-state index in [0.717, 1.165) is 17.5 Å². The van der Waals surface area contributed by atoms with Gasteiger partial charge in [-0.2, -0.15) is 5.10 Å². The zero-order chi connectivity index (χ0) is 10.6. The maximum absolute atomic E-state index is 4.14. The zero-order valence-corrected chi connectivity index (χ0v) is 10.1. The van der Waals surface area contributed by atoms with Crippen LogP contribution in [-0.4, -0.2) is 32.6 Å². The van der Waals surface area contributed by atoms with Crippen molar-refractivity contribution in [3.63, 3.8) is 0 Å².